The average Bonchev–Trinajstić information content (AvgIpc) is 2.27. The molecule has 0 aliphatic carbocycles. The normalized spacial score (nSPS) is 10.9. The number of nitrogens with one attached hydrogen (secondary N) is 1. The lowest BCUT2D eigenvalue weighted by Gasteiger charge is -2.25. The van der Waals surface area contributed by atoms with Crippen LogP contribution in [-0.4, -0.2) is 25.1 Å². The van der Waals surface area contributed by atoms with E-state index in [2.05, 4.69) is 36.0 Å². The Morgan fingerprint density at radius 1 is 1.47 bits per heavy atom. The molecule has 3 nitrogen and oxygen atoms in total. The van der Waals surface area contributed by atoms with Crippen LogP contribution in [0.1, 0.15) is 26.3 Å². The van der Waals surface area contributed by atoms with Crippen LogP contribution >= 0.6 is 11.6 Å². The Kier molecular flexibility index (Phi) is 5.72. The zero-order chi connectivity index (χ0) is 12.8. The second-order valence-electron chi connectivity index (χ2n) is 4.61. The SMILES string of the molecule is CCN(CC(C)C)c1ncc(CNC)cc1Cl. The summed E-state index contributed by atoms with van der Waals surface area (Å²) in [5, 5.41) is 3.83. The van der Waals surface area contributed by atoms with Crippen LogP contribution in [0.15, 0.2) is 12.3 Å². The number of rotatable bonds is 6. The van der Waals surface area contributed by atoms with Crippen molar-refractivity contribution in [2.45, 2.75) is 27.3 Å². The maximum atomic E-state index is 6.29. The van der Waals surface area contributed by atoms with Gasteiger partial charge in [0.1, 0.15) is 5.82 Å². The fourth-order valence-electron chi connectivity index (χ4n) is 1.81. The molecule has 1 aromatic heterocycles. The van der Waals surface area contributed by atoms with Gasteiger partial charge in [-0.15, -0.1) is 0 Å². The van der Waals surface area contributed by atoms with Crippen molar-refractivity contribution in [2.75, 3.05) is 25.0 Å². The topological polar surface area (TPSA) is 28.2 Å². The molecule has 4 heteroatoms. The summed E-state index contributed by atoms with van der Waals surface area (Å²) in [5.41, 5.74) is 1.11. The standard InChI is InChI=1S/C13H22ClN3/c1-5-17(9-10(2)3)13-12(14)6-11(7-15-4)8-16-13/h6,8,10,15H,5,7,9H2,1-4H3. The van der Waals surface area contributed by atoms with E-state index in [9.17, 15) is 0 Å². The van der Waals surface area contributed by atoms with Crippen molar-refractivity contribution < 1.29 is 0 Å². The van der Waals surface area contributed by atoms with Gasteiger partial charge in [0.05, 0.1) is 5.02 Å². The molecule has 0 aliphatic heterocycles. The Bertz CT molecular complexity index is 353. The summed E-state index contributed by atoms with van der Waals surface area (Å²) in [7, 11) is 1.92. The highest BCUT2D eigenvalue weighted by atomic mass is 35.5. The van der Waals surface area contributed by atoms with E-state index in [1.807, 2.05) is 19.3 Å². The molecule has 0 saturated carbocycles. The van der Waals surface area contributed by atoms with Crippen molar-refractivity contribution in [1.29, 1.82) is 0 Å². The largest absolute Gasteiger partial charge is 0.355 e. The van der Waals surface area contributed by atoms with Gasteiger partial charge in [0.25, 0.3) is 0 Å². The number of anilines is 1. The molecule has 0 spiro atoms. The molecule has 1 aromatic rings. The lowest BCUT2D eigenvalue weighted by Crippen LogP contribution is -2.28. The van der Waals surface area contributed by atoms with Gasteiger partial charge in [0, 0.05) is 25.8 Å². The molecular weight excluding hydrogens is 234 g/mol. The van der Waals surface area contributed by atoms with Gasteiger partial charge in [-0.25, -0.2) is 4.98 Å². The highest BCUT2D eigenvalue weighted by molar-refractivity contribution is 6.33. The summed E-state index contributed by atoms with van der Waals surface area (Å²) in [6, 6.07) is 1.99. The molecule has 96 valence electrons. The average molecular weight is 256 g/mol. The predicted molar refractivity (Wildman–Crippen MR) is 74.7 cm³/mol. The van der Waals surface area contributed by atoms with Gasteiger partial charge in [-0.2, -0.15) is 0 Å². The van der Waals surface area contributed by atoms with Gasteiger partial charge >= 0.3 is 0 Å². The molecule has 0 radical (unpaired) electrons. The van der Waals surface area contributed by atoms with E-state index < -0.39 is 0 Å². The molecule has 0 amide bonds. The van der Waals surface area contributed by atoms with Crippen LogP contribution < -0.4 is 10.2 Å². The molecule has 1 N–H and O–H groups in total. The Balaban J connectivity index is 2.88. The number of nitrogens with zero attached hydrogens (tertiary/aromatic N) is 2. The lowest BCUT2D eigenvalue weighted by atomic mass is 10.2. The highest BCUT2D eigenvalue weighted by Crippen LogP contribution is 2.24. The van der Waals surface area contributed by atoms with Crippen molar-refractivity contribution in [1.82, 2.24) is 10.3 Å². The second-order valence-corrected chi connectivity index (χ2v) is 5.02. The van der Waals surface area contributed by atoms with Crippen LogP contribution in [0.25, 0.3) is 0 Å². The first-order valence-corrected chi connectivity index (χ1v) is 6.50. The molecule has 0 aliphatic rings. The van der Waals surface area contributed by atoms with Crippen molar-refractivity contribution in [2.24, 2.45) is 5.92 Å². The van der Waals surface area contributed by atoms with Gasteiger partial charge < -0.3 is 10.2 Å². The van der Waals surface area contributed by atoms with Crippen molar-refractivity contribution in [3.8, 4) is 0 Å². The molecule has 0 atom stereocenters. The van der Waals surface area contributed by atoms with Gasteiger partial charge in [-0.05, 0) is 31.5 Å². The number of hydrogen-bond donors (Lipinski definition) is 1. The second kappa shape index (κ2) is 6.82. The van der Waals surface area contributed by atoms with Gasteiger partial charge in [-0.1, -0.05) is 25.4 Å². The maximum absolute atomic E-state index is 6.29. The molecule has 0 unspecified atom stereocenters. The number of halogens is 1. The summed E-state index contributed by atoms with van der Waals surface area (Å²) < 4.78 is 0. The summed E-state index contributed by atoms with van der Waals surface area (Å²) >= 11 is 6.29. The number of pyridine rings is 1. The van der Waals surface area contributed by atoms with E-state index in [1.54, 1.807) is 0 Å². The van der Waals surface area contributed by atoms with Gasteiger partial charge in [-0.3, -0.25) is 0 Å². The molecular formula is C13H22ClN3. The smallest absolute Gasteiger partial charge is 0.147 e. The van der Waals surface area contributed by atoms with Crippen LogP contribution in [0.2, 0.25) is 5.02 Å². The van der Waals surface area contributed by atoms with Crippen LogP contribution in [0.5, 0.6) is 0 Å². The van der Waals surface area contributed by atoms with Crippen molar-refractivity contribution in [3.63, 3.8) is 0 Å². The van der Waals surface area contributed by atoms with Crippen LogP contribution in [0.3, 0.4) is 0 Å². The summed E-state index contributed by atoms with van der Waals surface area (Å²) in [5.74, 6) is 1.49. The van der Waals surface area contributed by atoms with Crippen LogP contribution in [0, 0.1) is 5.92 Å². The van der Waals surface area contributed by atoms with Crippen LogP contribution in [0.4, 0.5) is 5.82 Å². The van der Waals surface area contributed by atoms with Crippen molar-refractivity contribution in [3.05, 3.63) is 22.8 Å². The molecule has 0 saturated heterocycles. The van der Waals surface area contributed by atoms with Crippen molar-refractivity contribution >= 4 is 17.4 Å². The molecule has 0 bridgehead atoms. The first kappa shape index (κ1) is 14.3. The Hall–Kier alpha value is -0.800. The highest BCUT2D eigenvalue weighted by Gasteiger charge is 2.12. The van der Waals surface area contributed by atoms with E-state index in [0.717, 1.165) is 36.0 Å². The molecule has 1 rings (SSSR count). The third-order valence-electron chi connectivity index (χ3n) is 2.53. The lowest BCUT2D eigenvalue weighted by molar-refractivity contribution is 0.614. The van der Waals surface area contributed by atoms with E-state index in [4.69, 9.17) is 11.6 Å². The third kappa shape index (κ3) is 4.17. The third-order valence-corrected chi connectivity index (χ3v) is 2.80. The predicted octanol–water partition coefficient (Wildman–Crippen LogP) is 2.94. The maximum Gasteiger partial charge on any atom is 0.147 e. The van der Waals surface area contributed by atoms with E-state index in [1.165, 1.54) is 0 Å². The van der Waals surface area contributed by atoms with Gasteiger partial charge in [0.2, 0.25) is 0 Å². The first-order chi connectivity index (χ1) is 8.08. The monoisotopic (exact) mass is 255 g/mol. The Morgan fingerprint density at radius 2 is 2.18 bits per heavy atom. The first-order valence-electron chi connectivity index (χ1n) is 6.12. The Labute approximate surface area is 109 Å². The summed E-state index contributed by atoms with van der Waals surface area (Å²) in [4.78, 5) is 6.69. The molecule has 0 fully saturated rings. The number of aromatic nitrogens is 1. The fourth-order valence-corrected chi connectivity index (χ4v) is 2.12. The fraction of sp³-hybridized carbons (Fsp3) is 0.615. The van der Waals surface area contributed by atoms with Crippen LogP contribution in [-0.2, 0) is 6.54 Å². The summed E-state index contributed by atoms with van der Waals surface area (Å²) in [6.45, 7) is 9.23. The van der Waals surface area contributed by atoms with E-state index in [-0.39, 0.29) is 0 Å². The number of hydrogen-bond acceptors (Lipinski definition) is 3. The minimum Gasteiger partial charge on any atom is -0.355 e. The Morgan fingerprint density at radius 3 is 2.65 bits per heavy atom. The molecule has 17 heavy (non-hydrogen) atoms. The zero-order valence-electron chi connectivity index (χ0n) is 11.1. The van der Waals surface area contributed by atoms with E-state index in [0.29, 0.717) is 5.92 Å². The minimum absolute atomic E-state index is 0.602. The zero-order valence-corrected chi connectivity index (χ0v) is 11.9. The summed E-state index contributed by atoms with van der Waals surface area (Å²) in [6.07, 6.45) is 1.89. The van der Waals surface area contributed by atoms with Gasteiger partial charge in [0.15, 0.2) is 0 Å². The minimum atomic E-state index is 0.602. The molecule has 0 aromatic carbocycles. The molecule has 1 heterocycles. The quantitative estimate of drug-likeness (QED) is 0.847. The van der Waals surface area contributed by atoms with E-state index >= 15 is 0 Å².